The molecule has 0 fully saturated rings. The molecule has 0 aliphatic rings. The molecule has 1 amide bonds. The maximum atomic E-state index is 12.2. The summed E-state index contributed by atoms with van der Waals surface area (Å²) >= 11 is 3.34. The molecule has 2 N–H and O–H groups in total. The van der Waals surface area contributed by atoms with Crippen LogP contribution in [-0.4, -0.2) is 16.0 Å². The molecule has 0 radical (unpaired) electrons. The number of phenolic OH excluding ortho intramolecular Hbond substituents is 1. The van der Waals surface area contributed by atoms with Crippen LogP contribution in [0.1, 0.15) is 21.6 Å². The fourth-order valence-electron chi connectivity index (χ4n) is 2.08. The number of carbonyl (C=O) groups excluding carboxylic acids is 1. The molecular formula is C18H16N2O2S2. The van der Waals surface area contributed by atoms with Crippen molar-refractivity contribution in [3.8, 4) is 5.75 Å². The quantitative estimate of drug-likeness (QED) is 0.650. The van der Waals surface area contributed by atoms with Crippen molar-refractivity contribution in [2.75, 3.05) is 5.32 Å². The summed E-state index contributed by atoms with van der Waals surface area (Å²) in [4.78, 5) is 16.6. The molecule has 0 aliphatic carbocycles. The first-order valence-corrected chi connectivity index (χ1v) is 9.21. The van der Waals surface area contributed by atoms with Gasteiger partial charge in [-0.3, -0.25) is 4.79 Å². The summed E-state index contributed by atoms with van der Waals surface area (Å²) in [6.45, 7) is 1.99. The van der Waals surface area contributed by atoms with Crippen molar-refractivity contribution in [1.82, 2.24) is 4.98 Å². The average molecular weight is 356 g/mol. The second kappa shape index (κ2) is 7.51. The second-order valence-corrected chi connectivity index (χ2v) is 7.33. The number of thioether (sulfide) groups is 1. The predicted octanol–water partition coefficient (Wildman–Crippen LogP) is 4.70. The van der Waals surface area contributed by atoms with Gasteiger partial charge in [-0.15, -0.1) is 11.3 Å². The molecule has 4 nitrogen and oxygen atoms in total. The maximum absolute atomic E-state index is 12.2. The molecule has 0 unspecified atom stereocenters. The van der Waals surface area contributed by atoms with E-state index in [0.717, 1.165) is 21.3 Å². The van der Waals surface area contributed by atoms with Crippen LogP contribution in [0.4, 0.5) is 5.69 Å². The first-order chi connectivity index (χ1) is 11.6. The van der Waals surface area contributed by atoms with Crippen LogP contribution >= 0.6 is 23.1 Å². The number of nitrogens with zero attached hydrogens (tertiary/aromatic N) is 1. The molecule has 24 heavy (non-hydrogen) atoms. The van der Waals surface area contributed by atoms with Crippen LogP contribution in [0.15, 0.2) is 58.3 Å². The van der Waals surface area contributed by atoms with Gasteiger partial charge in [-0.25, -0.2) is 4.98 Å². The van der Waals surface area contributed by atoms with Gasteiger partial charge >= 0.3 is 0 Å². The van der Waals surface area contributed by atoms with Crippen LogP contribution in [0, 0.1) is 6.92 Å². The number of aromatic hydroxyl groups is 1. The number of phenols is 1. The van der Waals surface area contributed by atoms with Crippen molar-refractivity contribution in [3.05, 3.63) is 70.7 Å². The molecule has 3 aromatic rings. The Morgan fingerprint density at radius 2 is 2.04 bits per heavy atom. The number of benzene rings is 2. The normalized spacial score (nSPS) is 10.5. The van der Waals surface area contributed by atoms with Crippen molar-refractivity contribution in [1.29, 1.82) is 0 Å². The summed E-state index contributed by atoms with van der Waals surface area (Å²) in [6.07, 6.45) is 0. The molecule has 3 rings (SSSR count). The lowest BCUT2D eigenvalue weighted by Crippen LogP contribution is -2.11. The largest absolute Gasteiger partial charge is 0.508 e. The highest BCUT2D eigenvalue weighted by molar-refractivity contribution is 8.00. The van der Waals surface area contributed by atoms with Gasteiger partial charge in [0.2, 0.25) is 0 Å². The van der Waals surface area contributed by atoms with Crippen molar-refractivity contribution in [3.63, 3.8) is 0 Å². The minimum Gasteiger partial charge on any atom is -0.508 e. The van der Waals surface area contributed by atoms with Crippen LogP contribution in [0.2, 0.25) is 0 Å². The molecule has 2 aromatic carbocycles. The number of hydrogen-bond donors (Lipinski definition) is 2. The predicted molar refractivity (Wildman–Crippen MR) is 98.9 cm³/mol. The summed E-state index contributed by atoms with van der Waals surface area (Å²) in [5.74, 6) is 0.745. The molecule has 0 bridgehead atoms. The topological polar surface area (TPSA) is 62.2 Å². The van der Waals surface area contributed by atoms with Gasteiger partial charge in [0.25, 0.3) is 5.91 Å². The van der Waals surface area contributed by atoms with Crippen molar-refractivity contribution in [2.45, 2.75) is 17.0 Å². The standard InChI is InChI=1S/C18H16N2O2S2/c1-12-10-23-18(19-12)24-11-13-5-7-14(8-6-13)17(22)20-15-3-2-4-16(21)9-15/h2-10,21H,11H2,1H3,(H,20,22). The SMILES string of the molecule is Cc1csc(SCc2ccc(C(=O)Nc3cccc(O)c3)cc2)n1. The van der Waals surface area contributed by atoms with E-state index in [1.165, 1.54) is 6.07 Å². The zero-order valence-corrected chi connectivity index (χ0v) is 14.7. The van der Waals surface area contributed by atoms with Crippen LogP contribution in [-0.2, 0) is 5.75 Å². The summed E-state index contributed by atoms with van der Waals surface area (Å²) < 4.78 is 1.05. The van der Waals surface area contributed by atoms with E-state index in [9.17, 15) is 9.90 Å². The molecule has 0 spiro atoms. The van der Waals surface area contributed by atoms with E-state index in [1.54, 1.807) is 53.4 Å². The molecule has 1 heterocycles. The van der Waals surface area contributed by atoms with Gasteiger partial charge in [-0.2, -0.15) is 0 Å². The molecule has 0 atom stereocenters. The number of rotatable bonds is 5. The Bertz CT molecular complexity index is 844. The lowest BCUT2D eigenvalue weighted by Gasteiger charge is -2.06. The van der Waals surface area contributed by atoms with E-state index in [1.807, 2.05) is 24.4 Å². The van der Waals surface area contributed by atoms with E-state index < -0.39 is 0 Å². The molecular weight excluding hydrogens is 340 g/mol. The van der Waals surface area contributed by atoms with E-state index in [2.05, 4.69) is 10.3 Å². The van der Waals surface area contributed by atoms with Gasteiger partial charge in [-0.05, 0) is 36.8 Å². The number of aryl methyl sites for hydroxylation is 1. The third-order valence-corrected chi connectivity index (χ3v) is 5.49. The lowest BCUT2D eigenvalue weighted by molar-refractivity contribution is 0.102. The Labute approximate surface area is 148 Å². The van der Waals surface area contributed by atoms with Gasteiger partial charge in [0.05, 0.1) is 0 Å². The summed E-state index contributed by atoms with van der Waals surface area (Å²) in [5, 5.41) is 14.2. The molecule has 0 saturated heterocycles. The summed E-state index contributed by atoms with van der Waals surface area (Å²) in [6, 6.07) is 14.0. The highest BCUT2D eigenvalue weighted by atomic mass is 32.2. The first-order valence-electron chi connectivity index (χ1n) is 7.34. The number of thiazole rings is 1. The van der Waals surface area contributed by atoms with Crippen LogP contribution in [0.25, 0.3) is 0 Å². The molecule has 122 valence electrons. The highest BCUT2D eigenvalue weighted by Gasteiger charge is 2.07. The number of aromatic nitrogens is 1. The first kappa shape index (κ1) is 16.5. The Morgan fingerprint density at radius 1 is 1.25 bits per heavy atom. The molecule has 0 aliphatic heterocycles. The fourth-order valence-corrected chi connectivity index (χ4v) is 3.89. The number of amides is 1. The maximum Gasteiger partial charge on any atom is 0.255 e. The fraction of sp³-hybridized carbons (Fsp3) is 0.111. The number of anilines is 1. The van der Waals surface area contributed by atoms with Gasteiger partial charge in [0, 0.05) is 34.1 Å². The summed E-state index contributed by atoms with van der Waals surface area (Å²) in [5.41, 5.74) is 3.33. The van der Waals surface area contributed by atoms with E-state index >= 15 is 0 Å². The second-order valence-electron chi connectivity index (χ2n) is 5.24. The van der Waals surface area contributed by atoms with Gasteiger partial charge < -0.3 is 10.4 Å². The van der Waals surface area contributed by atoms with Crippen LogP contribution < -0.4 is 5.32 Å². The Balaban J connectivity index is 1.60. The monoisotopic (exact) mass is 356 g/mol. The minimum atomic E-state index is -0.199. The summed E-state index contributed by atoms with van der Waals surface area (Å²) in [7, 11) is 0. The molecule has 0 saturated carbocycles. The lowest BCUT2D eigenvalue weighted by atomic mass is 10.1. The average Bonchev–Trinajstić information content (AvgIpc) is 2.99. The third-order valence-electron chi connectivity index (χ3n) is 3.28. The highest BCUT2D eigenvalue weighted by Crippen LogP contribution is 2.26. The van der Waals surface area contributed by atoms with Crippen molar-refractivity contribution >= 4 is 34.7 Å². The Hall–Kier alpha value is -2.31. The zero-order valence-electron chi connectivity index (χ0n) is 13.0. The van der Waals surface area contributed by atoms with E-state index in [0.29, 0.717) is 11.3 Å². The van der Waals surface area contributed by atoms with Crippen LogP contribution in [0.3, 0.4) is 0 Å². The third kappa shape index (κ3) is 4.37. The number of hydrogen-bond acceptors (Lipinski definition) is 5. The molecule has 1 aromatic heterocycles. The van der Waals surface area contributed by atoms with Crippen LogP contribution in [0.5, 0.6) is 5.75 Å². The van der Waals surface area contributed by atoms with Gasteiger partial charge in [0.15, 0.2) is 0 Å². The van der Waals surface area contributed by atoms with Gasteiger partial charge in [0.1, 0.15) is 10.1 Å². The van der Waals surface area contributed by atoms with Gasteiger partial charge in [-0.1, -0.05) is 30.0 Å². The minimum absolute atomic E-state index is 0.123. The smallest absolute Gasteiger partial charge is 0.255 e. The van der Waals surface area contributed by atoms with E-state index in [4.69, 9.17) is 0 Å². The number of carbonyl (C=O) groups is 1. The van der Waals surface area contributed by atoms with Crippen molar-refractivity contribution in [2.24, 2.45) is 0 Å². The zero-order chi connectivity index (χ0) is 16.9. The van der Waals surface area contributed by atoms with E-state index in [-0.39, 0.29) is 11.7 Å². The number of nitrogens with one attached hydrogen (secondary N) is 1. The van der Waals surface area contributed by atoms with Crippen molar-refractivity contribution < 1.29 is 9.90 Å². The Morgan fingerprint density at radius 3 is 2.71 bits per heavy atom. The molecule has 6 heteroatoms. The Kier molecular flexibility index (Phi) is 5.17.